The number of rotatable bonds is 7. The van der Waals surface area contributed by atoms with Crippen LogP contribution in [0.25, 0.3) is 0 Å². The summed E-state index contributed by atoms with van der Waals surface area (Å²) in [7, 11) is 3.30. The SMILES string of the molecule is COc1ccc(OC)c(CN2CCN(C(=O)CCN3C(=O)[C@H]4CC=CC[C@@H]4C3=O)CC2)c1. The van der Waals surface area contributed by atoms with Gasteiger partial charge in [0.05, 0.1) is 26.1 Å². The summed E-state index contributed by atoms with van der Waals surface area (Å²) in [6, 6.07) is 5.76. The average molecular weight is 442 g/mol. The Kier molecular flexibility index (Phi) is 6.79. The van der Waals surface area contributed by atoms with Crippen LogP contribution in [0.4, 0.5) is 0 Å². The van der Waals surface area contributed by atoms with E-state index in [2.05, 4.69) is 4.90 Å². The first-order valence-electron chi connectivity index (χ1n) is 11.2. The number of piperazine rings is 1. The number of nitrogens with zero attached hydrogens (tertiary/aromatic N) is 3. The number of fused-ring (bicyclic) bond motifs is 1. The molecule has 4 rings (SSSR count). The van der Waals surface area contributed by atoms with Crippen LogP contribution >= 0.6 is 0 Å². The van der Waals surface area contributed by atoms with Crippen molar-refractivity contribution in [1.29, 1.82) is 0 Å². The molecule has 1 aromatic carbocycles. The minimum Gasteiger partial charge on any atom is -0.497 e. The summed E-state index contributed by atoms with van der Waals surface area (Å²) in [5, 5.41) is 0. The van der Waals surface area contributed by atoms with E-state index >= 15 is 0 Å². The van der Waals surface area contributed by atoms with E-state index in [-0.39, 0.29) is 42.5 Å². The predicted octanol–water partition coefficient (Wildman–Crippen LogP) is 1.69. The lowest BCUT2D eigenvalue weighted by atomic mass is 9.85. The fourth-order valence-electron chi connectivity index (χ4n) is 4.86. The second-order valence-corrected chi connectivity index (χ2v) is 8.57. The normalized spacial score (nSPS) is 23.4. The third-order valence-corrected chi connectivity index (χ3v) is 6.75. The van der Waals surface area contributed by atoms with Crippen LogP contribution in [-0.2, 0) is 20.9 Å². The molecule has 0 bridgehead atoms. The molecule has 172 valence electrons. The van der Waals surface area contributed by atoms with Gasteiger partial charge >= 0.3 is 0 Å². The van der Waals surface area contributed by atoms with Gasteiger partial charge in [0.2, 0.25) is 17.7 Å². The standard InChI is InChI=1S/C24H31N3O5/c1-31-18-7-8-21(32-2)17(15-18)16-25-11-13-26(14-12-25)22(28)9-10-27-23(29)19-5-3-4-6-20(19)24(27)30/h3-4,7-8,15,19-20H,5-6,9-14,16H2,1-2H3/t19-,20-/m0/s1. The number of hydrogen-bond acceptors (Lipinski definition) is 6. The van der Waals surface area contributed by atoms with Gasteiger partial charge in [-0.2, -0.15) is 0 Å². The average Bonchev–Trinajstić information content (AvgIpc) is 3.07. The van der Waals surface area contributed by atoms with Crippen LogP contribution in [-0.4, -0.2) is 79.4 Å². The van der Waals surface area contributed by atoms with Gasteiger partial charge in [-0.05, 0) is 31.0 Å². The van der Waals surface area contributed by atoms with Crippen LogP contribution < -0.4 is 9.47 Å². The van der Waals surface area contributed by atoms with Gasteiger partial charge in [-0.25, -0.2) is 0 Å². The van der Waals surface area contributed by atoms with Crippen molar-refractivity contribution in [3.63, 3.8) is 0 Å². The number of methoxy groups -OCH3 is 2. The van der Waals surface area contributed by atoms with E-state index in [0.29, 0.717) is 25.9 Å². The van der Waals surface area contributed by atoms with Crippen molar-refractivity contribution in [3.05, 3.63) is 35.9 Å². The molecule has 8 nitrogen and oxygen atoms in total. The van der Waals surface area contributed by atoms with Crippen molar-refractivity contribution in [2.45, 2.75) is 25.8 Å². The first-order valence-corrected chi connectivity index (χ1v) is 11.2. The number of likely N-dealkylation sites (tertiary alicyclic amines) is 1. The van der Waals surface area contributed by atoms with E-state index < -0.39 is 0 Å². The van der Waals surface area contributed by atoms with E-state index in [9.17, 15) is 14.4 Å². The van der Waals surface area contributed by atoms with Crippen molar-refractivity contribution in [1.82, 2.24) is 14.7 Å². The fourth-order valence-corrected chi connectivity index (χ4v) is 4.86. The molecule has 0 N–H and O–H groups in total. The van der Waals surface area contributed by atoms with Crippen molar-refractivity contribution < 1.29 is 23.9 Å². The molecule has 0 unspecified atom stereocenters. The Bertz CT molecular complexity index is 881. The first kappa shape index (κ1) is 22.3. The van der Waals surface area contributed by atoms with Crippen molar-refractivity contribution >= 4 is 17.7 Å². The van der Waals surface area contributed by atoms with Gasteiger partial charge in [0.1, 0.15) is 11.5 Å². The zero-order chi connectivity index (χ0) is 22.7. The molecule has 2 saturated heterocycles. The van der Waals surface area contributed by atoms with E-state index in [1.165, 1.54) is 4.90 Å². The topological polar surface area (TPSA) is 79.4 Å². The van der Waals surface area contributed by atoms with E-state index in [4.69, 9.17) is 9.47 Å². The molecule has 32 heavy (non-hydrogen) atoms. The van der Waals surface area contributed by atoms with Crippen molar-refractivity contribution in [2.75, 3.05) is 46.9 Å². The van der Waals surface area contributed by atoms with E-state index in [0.717, 1.165) is 36.7 Å². The van der Waals surface area contributed by atoms with Gasteiger partial charge in [-0.15, -0.1) is 0 Å². The number of ether oxygens (including phenoxy) is 2. The Morgan fingerprint density at radius 1 is 0.969 bits per heavy atom. The fraction of sp³-hybridized carbons (Fsp3) is 0.542. The monoisotopic (exact) mass is 441 g/mol. The molecule has 8 heteroatoms. The van der Waals surface area contributed by atoms with Gasteiger partial charge < -0.3 is 14.4 Å². The van der Waals surface area contributed by atoms with Gasteiger partial charge in [0.15, 0.2) is 0 Å². The zero-order valence-corrected chi connectivity index (χ0v) is 18.8. The Labute approximate surface area is 188 Å². The summed E-state index contributed by atoms with van der Waals surface area (Å²) in [5.74, 6) is 0.899. The van der Waals surface area contributed by atoms with Crippen molar-refractivity contribution in [2.24, 2.45) is 11.8 Å². The molecule has 3 aliphatic rings. The third kappa shape index (κ3) is 4.50. The molecule has 1 aromatic rings. The lowest BCUT2D eigenvalue weighted by Crippen LogP contribution is -2.49. The Balaban J connectivity index is 1.26. The van der Waals surface area contributed by atoms with E-state index in [1.807, 2.05) is 35.3 Å². The first-order chi connectivity index (χ1) is 15.5. The molecular formula is C24H31N3O5. The van der Waals surface area contributed by atoms with Gasteiger partial charge in [-0.3, -0.25) is 24.2 Å². The summed E-state index contributed by atoms with van der Waals surface area (Å²) in [4.78, 5) is 43.3. The highest BCUT2D eigenvalue weighted by Crippen LogP contribution is 2.35. The molecule has 2 fully saturated rings. The largest absolute Gasteiger partial charge is 0.497 e. The van der Waals surface area contributed by atoms with Crippen molar-refractivity contribution in [3.8, 4) is 11.5 Å². The minimum absolute atomic E-state index is 0.00259. The molecule has 3 amide bonds. The number of carbonyl (C=O) groups excluding carboxylic acids is 3. The number of carbonyl (C=O) groups is 3. The van der Waals surface area contributed by atoms with Crippen LogP contribution in [0, 0.1) is 11.8 Å². The number of imide groups is 1. The summed E-state index contributed by atoms with van der Waals surface area (Å²) < 4.78 is 10.8. The lowest BCUT2D eigenvalue weighted by Gasteiger charge is -2.35. The molecule has 0 saturated carbocycles. The number of allylic oxidation sites excluding steroid dienone is 2. The molecule has 0 spiro atoms. The smallest absolute Gasteiger partial charge is 0.233 e. The summed E-state index contributed by atoms with van der Waals surface area (Å²) in [6.07, 6.45) is 5.39. The predicted molar refractivity (Wildman–Crippen MR) is 118 cm³/mol. The summed E-state index contributed by atoms with van der Waals surface area (Å²) >= 11 is 0. The number of amides is 3. The highest BCUT2D eigenvalue weighted by molar-refractivity contribution is 6.05. The second-order valence-electron chi connectivity index (χ2n) is 8.57. The molecule has 2 aliphatic heterocycles. The molecule has 1 aliphatic carbocycles. The maximum atomic E-state index is 12.7. The highest BCUT2D eigenvalue weighted by atomic mass is 16.5. The molecule has 0 radical (unpaired) electrons. The highest BCUT2D eigenvalue weighted by Gasteiger charge is 2.47. The van der Waals surface area contributed by atoms with Crippen LogP contribution in [0.5, 0.6) is 11.5 Å². The Hall–Kier alpha value is -2.87. The zero-order valence-electron chi connectivity index (χ0n) is 18.8. The molecular weight excluding hydrogens is 410 g/mol. The van der Waals surface area contributed by atoms with Gasteiger partial charge in [0, 0.05) is 51.3 Å². The third-order valence-electron chi connectivity index (χ3n) is 6.75. The number of hydrogen-bond donors (Lipinski definition) is 0. The van der Waals surface area contributed by atoms with E-state index in [1.54, 1.807) is 14.2 Å². The molecule has 2 heterocycles. The summed E-state index contributed by atoms with van der Waals surface area (Å²) in [6.45, 7) is 3.66. The Morgan fingerprint density at radius 3 is 2.22 bits per heavy atom. The molecule has 2 atom stereocenters. The van der Waals surface area contributed by atoms with Crippen LogP contribution in [0.15, 0.2) is 30.4 Å². The maximum absolute atomic E-state index is 12.7. The van der Waals surface area contributed by atoms with Crippen LogP contribution in [0.3, 0.4) is 0 Å². The number of benzene rings is 1. The summed E-state index contributed by atoms with van der Waals surface area (Å²) in [5.41, 5.74) is 1.05. The van der Waals surface area contributed by atoms with Gasteiger partial charge in [-0.1, -0.05) is 12.2 Å². The quantitative estimate of drug-likeness (QED) is 0.473. The minimum atomic E-state index is -0.236. The lowest BCUT2D eigenvalue weighted by molar-refractivity contribution is -0.141. The van der Waals surface area contributed by atoms with Crippen LogP contribution in [0.2, 0.25) is 0 Å². The maximum Gasteiger partial charge on any atom is 0.233 e. The van der Waals surface area contributed by atoms with Crippen LogP contribution in [0.1, 0.15) is 24.8 Å². The second kappa shape index (κ2) is 9.73. The van der Waals surface area contributed by atoms with Gasteiger partial charge in [0.25, 0.3) is 0 Å². The Morgan fingerprint density at radius 2 is 1.62 bits per heavy atom. The molecule has 0 aromatic heterocycles.